The first kappa shape index (κ1) is 18.2. The molecule has 3 heteroatoms. The summed E-state index contributed by atoms with van der Waals surface area (Å²) in [5.74, 6) is 1.77. The lowest BCUT2D eigenvalue weighted by Crippen LogP contribution is -3.00. The SMILES string of the molecule is CCC(Cc1ccco1)C[N+](C)(C)Cc1ccccc1.[I-]. The van der Waals surface area contributed by atoms with Gasteiger partial charge in [-0.3, -0.25) is 0 Å². The standard InChI is InChI=1S/C18H26NO.HI/c1-4-16(13-18-11-8-12-20-18)14-19(2,3)15-17-9-6-5-7-10-17;/h5-12,16H,4,13-15H2,1-3H3;1H/q+1;/p-1. The zero-order chi connectivity index (χ0) is 14.4. The van der Waals surface area contributed by atoms with Crippen LogP contribution < -0.4 is 24.0 Å². The maximum absolute atomic E-state index is 5.49. The zero-order valence-corrected chi connectivity index (χ0v) is 15.4. The fourth-order valence-corrected chi connectivity index (χ4v) is 2.89. The van der Waals surface area contributed by atoms with Crippen molar-refractivity contribution in [3.05, 3.63) is 60.1 Å². The third-order valence-corrected chi connectivity index (χ3v) is 3.85. The van der Waals surface area contributed by atoms with E-state index >= 15 is 0 Å². The van der Waals surface area contributed by atoms with Crippen LogP contribution in [0.2, 0.25) is 0 Å². The van der Waals surface area contributed by atoms with Crippen LogP contribution in [0.3, 0.4) is 0 Å². The Labute approximate surface area is 145 Å². The van der Waals surface area contributed by atoms with Gasteiger partial charge in [0.25, 0.3) is 0 Å². The molecule has 0 aliphatic heterocycles. The highest BCUT2D eigenvalue weighted by molar-refractivity contribution is 5.13. The van der Waals surface area contributed by atoms with Crippen molar-refractivity contribution >= 4 is 0 Å². The Hall–Kier alpha value is -0.810. The summed E-state index contributed by atoms with van der Waals surface area (Å²) in [6.45, 7) is 4.53. The van der Waals surface area contributed by atoms with Crippen molar-refractivity contribution in [1.82, 2.24) is 0 Å². The van der Waals surface area contributed by atoms with E-state index in [0.29, 0.717) is 5.92 Å². The molecule has 1 atom stereocenters. The Kier molecular flexibility index (Phi) is 7.46. The maximum atomic E-state index is 5.49. The minimum Gasteiger partial charge on any atom is -1.00 e. The lowest BCUT2D eigenvalue weighted by atomic mass is 9.99. The summed E-state index contributed by atoms with van der Waals surface area (Å²) in [4.78, 5) is 0. The number of benzene rings is 1. The summed E-state index contributed by atoms with van der Waals surface area (Å²) in [6.07, 6.45) is 4.00. The molecular weight excluding hydrogens is 373 g/mol. The van der Waals surface area contributed by atoms with Gasteiger partial charge in [-0.05, 0) is 18.6 Å². The van der Waals surface area contributed by atoms with Crippen molar-refractivity contribution in [1.29, 1.82) is 0 Å². The van der Waals surface area contributed by atoms with Crippen LogP contribution in [0.5, 0.6) is 0 Å². The van der Waals surface area contributed by atoms with Crippen molar-refractivity contribution < 1.29 is 32.9 Å². The molecule has 0 aliphatic rings. The van der Waals surface area contributed by atoms with E-state index in [9.17, 15) is 0 Å². The Morgan fingerprint density at radius 2 is 1.76 bits per heavy atom. The predicted octanol–water partition coefficient (Wildman–Crippen LogP) is 1.13. The van der Waals surface area contributed by atoms with Crippen LogP contribution in [0, 0.1) is 5.92 Å². The molecule has 1 heterocycles. The fourth-order valence-electron chi connectivity index (χ4n) is 2.89. The van der Waals surface area contributed by atoms with Crippen LogP contribution in [0.25, 0.3) is 0 Å². The van der Waals surface area contributed by atoms with Gasteiger partial charge in [0, 0.05) is 17.9 Å². The van der Waals surface area contributed by atoms with Crippen molar-refractivity contribution in [3.63, 3.8) is 0 Å². The normalized spacial score (nSPS) is 12.7. The Bertz CT molecular complexity index is 493. The number of hydrogen-bond donors (Lipinski definition) is 0. The summed E-state index contributed by atoms with van der Waals surface area (Å²) in [7, 11) is 4.63. The van der Waals surface area contributed by atoms with Crippen molar-refractivity contribution in [2.75, 3.05) is 20.6 Å². The first-order valence-electron chi connectivity index (χ1n) is 7.47. The van der Waals surface area contributed by atoms with Gasteiger partial charge in [-0.15, -0.1) is 0 Å². The quantitative estimate of drug-likeness (QED) is 0.503. The molecule has 0 saturated heterocycles. The van der Waals surface area contributed by atoms with Crippen LogP contribution >= 0.6 is 0 Å². The summed E-state index contributed by atoms with van der Waals surface area (Å²) < 4.78 is 6.51. The van der Waals surface area contributed by atoms with E-state index in [4.69, 9.17) is 4.42 Å². The van der Waals surface area contributed by atoms with Gasteiger partial charge < -0.3 is 32.9 Å². The molecule has 2 nitrogen and oxygen atoms in total. The maximum Gasteiger partial charge on any atom is 0.104 e. The highest BCUT2D eigenvalue weighted by Crippen LogP contribution is 2.18. The van der Waals surface area contributed by atoms with E-state index in [2.05, 4.69) is 57.4 Å². The van der Waals surface area contributed by atoms with E-state index in [0.717, 1.165) is 23.2 Å². The number of nitrogens with zero attached hydrogens (tertiary/aromatic N) is 1. The number of halogens is 1. The van der Waals surface area contributed by atoms with Gasteiger partial charge in [-0.25, -0.2) is 0 Å². The molecule has 0 fully saturated rings. The Morgan fingerprint density at radius 1 is 1.05 bits per heavy atom. The van der Waals surface area contributed by atoms with Gasteiger partial charge in [-0.2, -0.15) is 0 Å². The van der Waals surface area contributed by atoms with Crippen LogP contribution in [-0.2, 0) is 13.0 Å². The average molecular weight is 399 g/mol. The lowest BCUT2D eigenvalue weighted by molar-refractivity contribution is -0.907. The zero-order valence-electron chi connectivity index (χ0n) is 13.3. The Balaban J connectivity index is 0.00000220. The monoisotopic (exact) mass is 399 g/mol. The smallest absolute Gasteiger partial charge is 0.104 e. The molecule has 0 spiro atoms. The second-order valence-electron chi connectivity index (χ2n) is 6.32. The van der Waals surface area contributed by atoms with Crippen molar-refractivity contribution in [2.45, 2.75) is 26.3 Å². The summed E-state index contributed by atoms with van der Waals surface area (Å²) >= 11 is 0. The Morgan fingerprint density at radius 3 is 2.33 bits per heavy atom. The minimum atomic E-state index is 0. The van der Waals surface area contributed by atoms with Crippen LogP contribution in [0.15, 0.2) is 53.1 Å². The highest BCUT2D eigenvalue weighted by Gasteiger charge is 2.22. The van der Waals surface area contributed by atoms with Crippen molar-refractivity contribution in [2.24, 2.45) is 5.92 Å². The lowest BCUT2D eigenvalue weighted by Gasteiger charge is -2.33. The van der Waals surface area contributed by atoms with Crippen LogP contribution in [0.1, 0.15) is 24.7 Å². The predicted molar refractivity (Wildman–Crippen MR) is 83.3 cm³/mol. The van der Waals surface area contributed by atoms with Crippen molar-refractivity contribution in [3.8, 4) is 0 Å². The molecule has 0 N–H and O–H groups in total. The third-order valence-electron chi connectivity index (χ3n) is 3.85. The number of furan rings is 1. The first-order chi connectivity index (χ1) is 9.59. The van der Waals surface area contributed by atoms with Crippen LogP contribution in [0.4, 0.5) is 0 Å². The van der Waals surface area contributed by atoms with Gasteiger partial charge in [0.2, 0.25) is 0 Å². The van der Waals surface area contributed by atoms with E-state index in [1.807, 2.05) is 6.07 Å². The molecular formula is C18H26INO. The van der Waals surface area contributed by atoms with Gasteiger partial charge in [0.1, 0.15) is 12.3 Å². The molecule has 21 heavy (non-hydrogen) atoms. The van der Waals surface area contributed by atoms with Gasteiger partial charge in [0.15, 0.2) is 0 Å². The molecule has 0 amide bonds. The topological polar surface area (TPSA) is 13.1 Å². The number of quaternary nitrogens is 1. The largest absolute Gasteiger partial charge is 1.00 e. The molecule has 116 valence electrons. The van der Waals surface area contributed by atoms with E-state index < -0.39 is 0 Å². The van der Waals surface area contributed by atoms with Gasteiger partial charge in [-0.1, -0.05) is 37.3 Å². The molecule has 1 aromatic heterocycles. The number of rotatable bonds is 7. The minimum absolute atomic E-state index is 0. The van der Waals surface area contributed by atoms with Gasteiger partial charge >= 0.3 is 0 Å². The molecule has 0 aliphatic carbocycles. The molecule has 0 radical (unpaired) electrons. The highest BCUT2D eigenvalue weighted by atomic mass is 127. The summed E-state index contributed by atoms with van der Waals surface area (Å²) in [5.41, 5.74) is 1.41. The number of hydrogen-bond acceptors (Lipinski definition) is 1. The van der Waals surface area contributed by atoms with E-state index in [1.54, 1.807) is 6.26 Å². The van der Waals surface area contributed by atoms with E-state index in [-0.39, 0.29) is 24.0 Å². The van der Waals surface area contributed by atoms with Gasteiger partial charge in [0.05, 0.1) is 26.9 Å². The van der Waals surface area contributed by atoms with E-state index in [1.165, 1.54) is 18.5 Å². The summed E-state index contributed by atoms with van der Waals surface area (Å²) in [5, 5.41) is 0. The summed E-state index contributed by atoms with van der Waals surface area (Å²) in [6, 6.07) is 14.8. The molecule has 1 unspecified atom stereocenters. The average Bonchev–Trinajstić information content (AvgIpc) is 2.91. The molecule has 1 aromatic carbocycles. The molecule has 2 rings (SSSR count). The third kappa shape index (κ3) is 6.22. The molecule has 0 bridgehead atoms. The second-order valence-corrected chi connectivity index (χ2v) is 6.32. The second kappa shape index (κ2) is 8.59. The molecule has 2 aromatic rings. The first-order valence-corrected chi connectivity index (χ1v) is 7.47. The molecule has 0 saturated carbocycles. The fraction of sp³-hybridized carbons (Fsp3) is 0.444. The van der Waals surface area contributed by atoms with Crippen LogP contribution in [-0.4, -0.2) is 25.1 Å².